The van der Waals surface area contributed by atoms with E-state index in [2.05, 4.69) is 15.3 Å². The summed E-state index contributed by atoms with van der Waals surface area (Å²) >= 11 is 0. The lowest BCUT2D eigenvalue weighted by atomic mass is 10.2. The van der Waals surface area contributed by atoms with Gasteiger partial charge in [-0.1, -0.05) is 0 Å². The molecule has 4 nitrogen and oxygen atoms in total. The van der Waals surface area contributed by atoms with Gasteiger partial charge in [-0.05, 0) is 12.1 Å². The second kappa shape index (κ2) is 5.25. The minimum Gasteiger partial charge on any atom is -0.494 e. The topological polar surface area (TPSA) is 47.0 Å². The maximum atomic E-state index is 13.4. The molecule has 17 heavy (non-hydrogen) atoms. The Bertz CT molecular complexity index is 490. The first-order valence-corrected chi connectivity index (χ1v) is 5.11. The molecule has 2 rings (SSSR count). The van der Waals surface area contributed by atoms with E-state index in [-0.39, 0.29) is 11.6 Å². The van der Waals surface area contributed by atoms with Gasteiger partial charge in [-0.3, -0.25) is 0 Å². The number of aromatic nitrogens is 2. The van der Waals surface area contributed by atoms with Crippen molar-refractivity contribution in [2.45, 2.75) is 6.54 Å². The van der Waals surface area contributed by atoms with Crippen molar-refractivity contribution in [2.75, 3.05) is 12.4 Å². The van der Waals surface area contributed by atoms with Crippen molar-refractivity contribution in [1.82, 2.24) is 9.97 Å². The normalized spacial score (nSPS) is 10.0. The van der Waals surface area contributed by atoms with Crippen LogP contribution in [0.25, 0.3) is 0 Å². The lowest BCUT2D eigenvalue weighted by molar-refractivity contribution is 0.386. The van der Waals surface area contributed by atoms with Crippen LogP contribution in [0.4, 0.5) is 10.1 Å². The molecule has 2 aromatic rings. The molecule has 1 N–H and O–H groups in total. The summed E-state index contributed by atoms with van der Waals surface area (Å²) in [6.07, 6.45) is 4.89. The number of hydrogen-bond acceptors (Lipinski definition) is 4. The van der Waals surface area contributed by atoms with E-state index < -0.39 is 0 Å². The number of ether oxygens (including phenoxy) is 1. The monoisotopic (exact) mass is 233 g/mol. The Morgan fingerprint density at radius 2 is 2.06 bits per heavy atom. The third-order valence-electron chi connectivity index (χ3n) is 2.26. The lowest BCUT2D eigenvalue weighted by Crippen LogP contribution is -2.01. The van der Waals surface area contributed by atoms with Crippen LogP contribution in [0.15, 0.2) is 36.9 Å². The third kappa shape index (κ3) is 2.90. The fourth-order valence-electron chi connectivity index (χ4n) is 1.40. The number of nitrogens with zero attached hydrogens (tertiary/aromatic N) is 2. The number of benzene rings is 1. The molecule has 1 aromatic carbocycles. The number of nitrogens with one attached hydrogen (secondary N) is 1. The number of anilines is 1. The Morgan fingerprint density at radius 1 is 1.29 bits per heavy atom. The van der Waals surface area contributed by atoms with Crippen LogP contribution in [0.5, 0.6) is 5.75 Å². The zero-order chi connectivity index (χ0) is 12.1. The van der Waals surface area contributed by atoms with Crippen molar-refractivity contribution in [1.29, 1.82) is 0 Å². The second-order valence-corrected chi connectivity index (χ2v) is 3.45. The highest BCUT2D eigenvalue weighted by Crippen LogP contribution is 2.20. The van der Waals surface area contributed by atoms with Crippen LogP contribution in [-0.4, -0.2) is 17.1 Å². The molecule has 5 heteroatoms. The van der Waals surface area contributed by atoms with Crippen molar-refractivity contribution in [3.8, 4) is 5.75 Å². The van der Waals surface area contributed by atoms with Gasteiger partial charge in [0.05, 0.1) is 7.11 Å². The molecular formula is C12H12FN3O. The molecule has 0 aliphatic rings. The molecule has 1 aromatic heterocycles. The maximum Gasteiger partial charge on any atom is 0.167 e. The fraction of sp³-hybridized carbons (Fsp3) is 0.167. The van der Waals surface area contributed by atoms with Gasteiger partial charge < -0.3 is 10.1 Å². The third-order valence-corrected chi connectivity index (χ3v) is 2.26. The lowest BCUT2D eigenvalue weighted by Gasteiger charge is -2.07. The fourth-order valence-corrected chi connectivity index (χ4v) is 1.40. The average Bonchev–Trinajstić information content (AvgIpc) is 2.38. The minimum atomic E-state index is -0.387. The highest BCUT2D eigenvalue weighted by molar-refractivity contribution is 5.47. The Morgan fingerprint density at radius 3 is 2.71 bits per heavy atom. The maximum absolute atomic E-state index is 13.4. The summed E-state index contributed by atoms with van der Waals surface area (Å²) in [5.74, 6) is -0.152. The second-order valence-electron chi connectivity index (χ2n) is 3.45. The number of hydrogen-bond donors (Lipinski definition) is 1. The Labute approximate surface area is 98.5 Å². The summed E-state index contributed by atoms with van der Waals surface area (Å²) < 4.78 is 18.2. The highest BCUT2D eigenvalue weighted by atomic mass is 19.1. The quantitative estimate of drug-likeness (QED) is 0.879. The van der Waals surface area contributed by atoms with Crippen LogP contribution in [0.2, 0.25) is 0 Å². The van der Waals surface area contributed by atoms with Gasteiger partial charge in [-0.25, -0.2) is 14.4 Å². The molecule has 0 aliphatic carbocycles. The van der Waals surface area contributed by atoms with Crippen LogP contribution >= 0.6 is 0 Å². The Balaban J connectivity index is 2.02. The zero-order valence-electron chi connectivity index (χ0n) is 9.35. The van der Waals surface area contributed by atoms with Gasteiger partial charge in [-0.2, -0.15) is 0 Å². The molecular weight excluding hydrogens is 221 g/mol. The van der Waals surface area contributed by atoms with E-state index in [0.717, 1.165) is 5.56 Å². The van der Waals surface area contributed by atoms with E-state index in [1.54, 1.807) is 24.5 Å². The highest BCUT2D eigenvalue weighted by Gasteiger charge is 2.03. The van der Waals surface area contributed by atoms with Crippen molar-refractivity contribution >= 4 is 5.69 Å². The van der Waals surface area contributed by atoms with Crippen LogP contribution in [-0.2, 0) is 6.54 Å². The first kappa shape index (κ1) is 11.3. The Hall–Kier alpha value is -2.17. The van der Waals surface area contributed by atoms with Gasteiger partial charge in [-0.15, -0.1) is 0 Å². The van der Waals surface area contributed by atoms with E-state index in [1.165, 1.54) is 19.5 Å². The number of rotatable bonds is 4. The van der Waals surface area contributed by atoms with E-state index >= 15 is 0 Å². The molecule has 0 unspecified atom stereocenters. The van der Waals surface area contributed by atoms with Crippen molar-refractivity contribution in [3.05, 3.63) is 48.3 Å². The summed E-state index contributed by atoms with van der Waals surface area (Å²) in [5.41, 5.74) is 1.62. The van der Waals surface area contributed by atoms with Gasteiger partial charge in [0.1, 0.15) is 6.33 Å². The molecule has 0 fully saturated rings. The van der Waals surface area contributed by atoms with Crippen LogP contribution < -0.4 is 10.1 Å². The molecule has 0 radical (unpaired) electrons. The molecule has 0 amide bonds. The Kier molecular flexibility index (Phi) is 3.49. The molecule has 88 valence electrons. The van der Waals surface area contributed by atoms with Crippen LogP contribution in [0.3, 0.4) is 0 Å². The van der Waals surface area contributed by atoms with Gasteiger partial charge in [0.25, 0.3) is 0 Å². The predicted molar refractivity (Wildman–Crippen MR) is 62.3 cm³/mol. The molecule has 0 aliphatic heterocycles. The van der Waals surface area contributed by atoms with Crippen LogP contribution in [0, 0.1) is 5.82 Å². The summed E-state index contributed by atoms with van der Waals surface area (Å²) in [6.45, 7) is 0.548. The summed E-state index contributed by atoms with van der Waals surface area (Å²) in [7, 11) is 1.44. The van der Waals surface area contributed by atoms with E-state index in [0.29, 0.717) is 12.2 Å². The predicted octanol–water partition coefficient (Wildman–Crippen LogP) is 2.24. The van der Waals surface area contributed by atoms with Crippen molar-refractivity contribution in [2.24, 2.45) is 0 Å². The molecule has 0 atom stereocenters. The molecule has 0 spiro atoms. The van der Waals surface area contributed by atoms with Crippen molar-refractivity contribution < 1.29 is 9.13 Å². The number of methoxy groups -OCH3 is 1. The first-order chi connectivity index (χ1) is 8.29. The number of halogens is 1. The smallest absolute Gasteiger partial charge is 0.167 e. The minimum absolute atomic E-state index is 0.235. The van der Waals surface area contributed by atoms with Gasteiger partial charge in [0.2, 0.25) is 0 Å². The van der Waals surface area contributed by atoms with Gasteiger partial charge in [0, 0.05) is 36.3 Å². The largest absolute Gasteiger partial charge is 0.494 e. The average molecular weight is 233 g/mol. The zero-order valence-corrected chi connectivity index (χ0v) is 9.35. The first-order valence-electron chi connectivity index (χ1n) is 5.11. The van der Waals surface area contributed by atoms with Gasteiger partial charge >= 0.3 is 0 Å². The molecule has 1 heterocycles. The molecule has 0 saturated heterocycles. The van der Waals surface area contributed by atoms with E-state index in [9.17, 15) is 4.39 Å². The van der Waals surface area contributed by atoms with Gasteiger partial charge in [0.15, 0.2) is 11.6 Å². The van der Waals surface area contributed by atoms with E-state index in [1.807, 2.05) is 0 Å². The van der Waals surface area contributed by atoms with E-state index in [4.69, 9.17) is 4.74 Å². The SMILES string of the molecule is COc1ccc(NCc2cncnc2)cc1F. The van der Waals surface area contributed by atoms with Crippen LogP contribution in [0.1, 0.15) is 5.56 Å². The summed E-state index contributed by atoms with van der Waals surface area (Å²) in [5, 5.41) is 3.08. The summed E-state index contributed by atoms with van der Waals surface area (Å²) in [6, 6.07) is 4.73. The standard InChI is InChI=1S/C12H12FN3O/c1-17-12-3-2-10(4-11(12)13)16-7-9-5-14-8-15-6-9/h2-6,8,16H,7H2,1H3. The molecule has 0 bridgehead atoms. The summed E-state index contributed by atoms with van der Waals surface area (Å²) in [4.78, 5) is 7.79. The van der Waals surface area contributed by atoms with Crippen molar-refractivity contribution in [3.63, 3.8) is 0 Å². The molecule has 0 saturated carbocycles.